The van der Waals surface area contributed by atoms with Crippen molar-refractivity contribution in [2.24, 2.45) is 5.92 Å². The first kappa shape index (κ1) is 8.21. The van der Waals surface area contributed by atoms with Crippen LogP contribution in [0.25, 0.3) is 0 Å². The van der Waals surface area contributed by atoms with Gasteiger partial charge in [0.15, 0.2) is 0 Å². The first-order valence-electron chi connectivity index (χ1n) is 2.72. The zero-order chi connectivity index (χ0) is 5.98. The molecule has 1 saturated heterocycles. The van der Waals surface area contributed by atoms with Gasteiger partial charge in [-0.15, -0.1) is 6.58 Å². The molecular weight excluding hydrogens is 114 g/mol. The standard InChI is InChI=1S/C6H9NO.CH4/c1-2-5-3-6(8)7-4-5;/h2,5H,1,3-4H2,(H,7,8);1H4. The number of nitrogens with one attached hydrogen (secondary N) is 1. The summed E-state index contributed by atoms with van der Waals surface area (Å²) in [5.74, 6) is 0.525. The van der Waals surface area contributed by atoms with Crippen molar-refractivity contribution >= 4 is 5.91 Å². The van der Waals surface area contributed by atoms with E-state index < -0.39 is 0 Å². The van der Waals surface area contributed by atoms with Gasteiger partial charge in [0, 0.05) is 18.9 Å². The molecule has 52 valence electrons. The first-order chi connectivity index (χ1) is 3.83. The molecule has 1 amide bonds. The highest BCUT2D eigenvalue weighted by Gasteiger charge is 2.17. The average molecular weight is 127 g/mol. The Morgan fingerprint density at radius 3 is 2.67 bits per heavy atom. The molecule has 0 aliphatic carbocycles. The number of amides is 1. The van der Waals surface area contributed by atoms with Crippen LogP contribution in [0.5, 0.6) is 0 Å². The molecule has 1 N–H and O–H groups in total. The molecule has 1 aliphatic heterocycles. The van der Waals surface area contributed by atoms with Crippen molar-refractivity contribution in [3.8, 4) is 0 Å². The molecule has 1 rings (SSSR count). The van der Waals surface area contributed by atoms with Gasteiger partial charge in [-0.1, -0.05) is 13.5 Å². The predicted octanol–water partition coefficient (Wildman–Crippen LogP) is 0.945. The molecule has 0 aromatic heterocycles. The van der Waals surface area contributed by atoms with E-state index in [1.165, 1.54) is 0 Å². The summed E-state index contributed by atoms with van der Waals surface area (Å²) in [6.07, 6.45) is 2.45. The van der Waals surface area contributed by atoms with E-state index in [1.807, 2.05) is 6.08 Å². The van der Waals surface area contributed by atoms with Gasteiger partial charge in [0.1, 0.15) is 0 Å². The summed E-state index contributed by atoms with van der Waals surface area (Å²) in [6.45, 7) is 4.36. The quantitative estimate of drug-likeness (QED) is 0.522. The molecule has 0 spiro atoms. The molecule has 0 aromatic rings. The summed E-state index contributed by atoms with van der Waals surface area (Å²) >= 11 is 0. The van der Waals surface area contributed by atoms with Crippen LogP contribution in [-0.2, 0) is 4.79 Å². The Kier molecular flexibility index (Phi) is 2.99. The minimum atomic E-state index is 0. The fourth-order valence-corrected chi connectivity index (χ4v) is 0.794. The van der Waals surface area contributed by atoms with Crippen LogP contribution in [0.2, 0.25) is 0 Å². The van der Waals surface area contributed by atoms with Gasteiger partial charge >= 0.3 is 0 Å². The summed E-state index contributed by atoms with van der Waals surface area (Å²) < 4.78 is 0. The minimum Gasteiger partial charge on any atom is -0.355 e. The lowest BCUT2D eigenvalue weighted by molar-refractivity contribution is -0.119. The van der Waals surface area contributed by atoms with Crippen molar-refractivity contribution in [2.45, 2.75) is 13.8 Å². The topological polar surface area (TPSA) is 29.1 Å². The Morgan fingerprint density at radius 2 is 2.44 bits per heavy atom. The van der Waals surface area contributed by atoms with Crippen LogP contribution in [-0.4, -0.2) is 12.5 Å². The minimum absolute atomic E-state index is 0. The summed E-state index contributed by atoms with van der Waals surface area (Å²) in [6, 6.07) is 0. The Balaban J connectivity index is 0.000000640. The van der Waals surface area contributed by atoms with Gasteiger partial charge in [0.2, 0.25) is 5.91 Å². The second kappa shape index (κ2) is 3.28. The molecule has 1 atom stereocenters. The normalized spacial score (nSPS) is 24.4. The molecule has 9 heavy (non-hydrogen) atoms. The van der Waals surface area contributed by atoms with Crippen LogP contribution < -0.4 is 5.32 Å². The van der Waals surface area contributed by atoms with E-state index >= 15 is 0 Å². The number of hydrogen-bond acceptors (Lipinski definition) is 1. The number of carbonyl (C=O) groups excluding carboxylic acids is 1. The lowest BCUT2D eigenvalue weighted by Crippen LogP contribution is -2.13. The molecule has 1 fully saturated rings. The fourth-order valence-electron chi connectivity index (χ4n) is 0.794. The van der Waals surface area contributed by atoms with Gasteiger partial charge in [-0.25, -0.2) is 0 Å². The summed E-state index contributed by atoms with van der Waals surface area (Å²) in [4.78, 5) is 10.5. The molecule has 1 unspecified atom stereocenters. The maximum atomic E-state index is 10.5. The molecular formula is C7H13NO. The van der Waals surface area contributed by atoms with Crippen molar-refractivity contribution in [2.75, 3.05) is 6.54 Å². The maximum Gasteiger partial charge on any atom is 0.220 e. The van der Waals surface area contributed by atoms with Crippen LogP contribution >= 0.6 is 0 Å². The van der Waals surface area contributed by atoms with E-state index in [2.05, 4.69) is 11.9 Å². The predicted molar refractivity (Wildman–Crippen MR) is 38.0 cm³/mol. The van der Waals surface area contributed by atoms with Gasteiger partial charge in [-0.05, 0) is 0 Å². The Hall–Kier alpha value is -0.790. The maximum absolute atomic E-state index is 10.5. The highest BCUT2D eigenvalue weighted by molar-refractivity contribution is 5.78. The molecule has 1 aliphatic rings. The van der Waals surface area contributed by atoms with E-state index in [9.17, 15) is 4.79 Å². The molecule has 0 saturated carbocycles. The summed E-state index contributed by atoms with van der Waals surface area (Å²) in [5.41, 5.74) is 0. The fraction of sp³-hybridized carbons (Fsp3) is 0.571. The van der Waals surface area contributed by atoms with Crippen molar-refractivity contribution in [1.82, 2.24) is 5.32 Å². The van der Waals surface area contributed by atoms with E-state index in [0.29, 0.717) is 12.3 Å². The zero-order valence-electron chi connectivity index (χ0n) is 4.68. The Morgan fingerprint density at radius 1 is 1.78 bits per heavy atom. The molecule has 1 heterocycles. The third-order valence-corrected chi connectivity index (χ3v) is 1.34. The van der Waals surface area contributed by atoms with Crippen molar-refractivity contribution < 1.29 is 4.79 Å². The third-order valence-electron chi connectivity index (χ3n) is 1.34. The molecule has 0 bridgehead atoms. The van der Waals surface area contributed by atoms with Crippen molar-refractivity contribution in [3.63, 3.8) is 0 Å². The SMILES string of the molecule is C.C=CC1CNC(=O)C1. The number of hydrogen-bond donors (Lipinski definition) is 1. The lowest BCUT2D eigenvalue weighted by Gasteiger charge is -1.92. The first-order valence-corrected chi connectivity index (χ1v) is 2.72. The highest BCUT2D eigenvalue weighted by Crippen LogP contribution is 2.07. The van der Waals surface area contributed by atoms with Crippen LogP contribution in [0, 0.1) is 5.92 Å². The second-order valence-corrected chi connectivity index (χ2v) is 2.00. The van der Waals surface area contributed by atoms with E-state index in [4.69, 9.17) is 0 Å². The van der Waals surface area contributed by atoms with Crippen LogP contribution in [0.4, 0.5) is 0 Å². The summed E-state index contributed by atoms with van der Waals surface area (Å²) in [7, 11) is 0. The van der Waals surface area contributed by atoms with Gasteiger partial charge < -0.3 is 5.32 Å². The van der Waals surface area contributed by atoms with E-state index in [0.717, 1.165) is 6.54 Å². The van der Waals surface area contributed by atoms with Crippen LogP contribution in [0.15, 0.2) is 12.7 Å². The monoisotopic (exact) mass is 127 g/mol. The van der Waals surface area contributed by atoms with Crippen LogP contribution in [0.1, 0.15) is 13.8 Å². The van der Waals surface area contributed by atoms with Gasteiger partial charge in [0.05, 0.1) is 0 Å². The van der Waals surface area contributed by atoms with E-state index in [-0.39, 0.29) is 13.3 Å². The van der Waals surface area contributed by atoms with Gasteiger partial charge in [0.25, 0.3) is 0 Å². The van der Waals surface area contributed by atoms with Gasteiger partial charge in [-0.2, -0.15) is 0 Å². The number of carbonyl (C=O) groups is 1. The molecule has 2 nitrogen and oxygen atoms in total. The summed E-state index contributed by atoms with van der Waals surface area (Å²) in [5, 5.41) is 2.71. The Labute approximate surface area is 56.0 Å². The van der Waals surface area contributed by atoms with Crippen molar-refractivity contribution in [1.29, 1.82) is 0 Å². The average Bonchev–Trinajstić information content (AvgIpc) is 2.14. The number of rotatable bonds is 1. The largest absolute Gasteiger partial charge is 0.355 e. The Bertz CT molecular complexity index is 120. The molecule has 2 heteroatoms. The van der Waals surface area contributed by atoms with Gasteiger partial charge in [-0.3, -0.25) is 4.79 Å². The second-order valence-electron chi connectivity index (χ2n) is 2.00. The zero-order valence-corrected chi connectivity index (χ0v) is 4.68. The highest BCUT2D eigenvalue weighted by atomic mass is 16.1. The third kappa shape index (κ3) is 1.88. The molecule has 0 radical (unpaired) electrons. The smallest absolute Gasteiger partial charge is 0.220 e. The van der Waals surface area contributed by atoms with E-state index in [1.54, 1.807) is 0 Å². The van der Waals surface area contributed by atoms with Crippen LogP contribution in [0.3, 0.4) is 0 Å². The van der Waals surface area contributed by atoms with Crippen molar-refractivity contribution in [3.05, 3.63) is 12.7 Å². The lowest BCUT2D eigenvalue weighted by atomic mass is 10.1. The molecule has 0 aromatic carbocycles.